The van der Waals surface area contributed by atoms with Gasteiger partial charge in [0.15, 0.2) is 11.0 Å². The first-order valence-corrected chi connectivity index (χ1v) is 10.3. The number of fused-ring (bicyclic) bond motifs is 7. The first-order valence-electron chi connectivity index (χ1n) is 10.3. The van der Waals surface area contributed by atoms with Crippen molar-refractivity contribution in [2.75, 3.05) is 0 Å². The van der Waals surface area contributed by atoms with Gasteiger partial charge < -0.3 is 8.82 Å². The lowest BCUT2D eigenvalue weighted by Gasteiger charge is -2.15. The molecule has 0 bridgehead atoms. The van der Waals surface area contributed by atoms with Crippen molar-refractivity contribution >= 4 is 60.0 Å². The van der Waals surface area contributed by atoms with E-state index in [9.17, 15) is 14.4 Å². The first kappa shape index (κ1) is 17.2. The molecule has 3 heterocycles. The molecule has 0 atom stereocenters. The highest BCUT2D eigenvalue weighted by Crippen LogP contribution is 2.30. The Morgan fingerprint density at radius 3 is 2.03 bits per heavy atom. The van der Waals surface area contributed by atoms with E-state index in [0.29, 0.717) is 54.5 Å². The summed E-state index contributed by atoms with van der Waals surface area (Å²) in [5.74, 6) is 0. The van der Waals surface area contributed by atoms with Gasteiger partial charge in [-0.25, -0.2) is 0 Å². The highest BCUT2D eigenvalue weighted by Gasteiger charge is 2.20. The van der Waals surface area contributed by atoms with E-state index < -0.39 is 0 Å². The van der Waals surface area contributed by atoms with Crippen LogP contribution < -0.4 is 16.3 Å². The summed E-state index contributed by atoms with van der Waals surface area (Å²) in [7, 11) is 0. The van der Waals surface area contributed by atoms with Gasteiger partial charge in [0.2, 0.25) is 10.9 Å². The lowest BCUT2D eigenvalue weighted by molar-refractivity contribution is 0.663. The number of nitrogens with zero attached hydrogens (tertiary/aromatic N) is 1. The summed E-state index contributed by atoms with van der Waals surface area (Å²) in [6, 6.07) is 23.0. The van der Waals surface area contributed by atoms with E-state index in [2.05, 4.69) is 0 Å². The van der Waals surface area contributed by atoms with Gasteiger partial charge in [-0.05, 0) is 48.5 Å². The van der Waals surface area contributed by atoms with Gasteiger partial charge in [0, 0.05) is 16.2 Å². The molecule has 0 amide bonds. The molecule has 0 aliphatic carbocycles. The molecular formula is C27H13NO4. The number of pyridine rings is 2. The summed E-state index contributed by atoms with van der Waals surface area (Å²) in [6.45, 7) is 0. The minimum absolute atomic E-state index is 0.108. The molecule has 3 aromatic heterocycles. The van der Waals surface area contributed by atoms with Crippen LogP contribution in [0.2, 0.25) is 0 Å². The molecule has 0 radical (unpaired) electrons. The van der Waals surface area contributed by atoms with E-state index in [4.69, 9.17) is 4.42 Å². The van der Waals surface area contributed by atoms with Gasteiger partial charge in [0.1, 0.15) is 5.58 Å². The van der Waals surface area contributed by atoms with Gasteiger partial charge in [-0.15, -0.1) is 0 Å². The maximum Gasteiger partial charge on any atom is 0.201 e. The van der Waals surface area contributed by atoms with Crippen LogP contribution in [0.15, 0.2) is 97.7 Å². The Morgan fingerprint density at radius 1 is 0.531 bits per heavy atom. The summed E-state index contributed by atoms with van der Waals surface area (Å²) in [5.41, 5.74) is 2.03. The zero-order chi connectivity index (χ0) is 21.6. The largest absolute Gasteiger partial charge is 0.455 e. The zero-order valence-electron chi connectivity index (χ0n) is 16.6. The van der Waals surface area contributed by atoms with Crippen molar-refractivity contribution in [1.82, 2.24) is 4.40 Å². The van der Waals surface area contributed by atoms with Crippen LogP contribution in [-0.2, 0) is 0 Å². The number of aromatic nitrogens is 1. The Morgan fingerprint density at radius 2 is 1.19 bits per heavy atom. The molecule has 0 unspecified atom stereocenters. The number of rotatable bonds is 0. The Labute approximate surface area is 178 Å². The average molecular weight is 415 g/mol. The number of hydrogen-bond acceptors (Lipinski definition) is 4. The van der Waals surface area contributed by atoms with E-state index in [-0.39, 0.29) is 21.9 Å². The topological polar surface area (TPSA) is 68.8 Å². The van der Waals surface area contributed by atoms with Crippen LogP contribution in [-0.4, -0.2) is 4.40 Å². The molecule has 150 valence electrons. The highest BCUT2D eigenvalue weighted by molar-refractivity contribution is 6.13. The molecule has 7 rings (SSSR count). The molecular weight excluding hydrogens is 402 g/mol. The average Bonchev–Trinajstić information content (AvgIpc) is 2.83. The summed E-state index contributed by atoms with van der Waals surface area (Å²) in [4.78, 5) is 40.1. The van der Waals surface area contributed by atoms with E-state index >= 15 is 0 Å². The van der Waals surface area contributed by atoms with Crippen molar-refractivity contribution < 1.29 is 4.42 Å². The molecule has 0 aliphatic heterocycles. The number of benzene rings is 4. The van der Waals surface area contributed by atoms with Gasteiger partial charge in [-0.2, -0.15) is 0 Å². The van der Waals surface area contributed by atoms with E-state index in [1.807, 2.05) is 22.6 Å². The van der Waals surface area contributed by atoms with Crippen molar-refractivity contribution in [3.8, 4) is 0 Å². The molecule has 0 saturated heterocycles. The molecule has 0 spiro atoms. The lowest BCUT2D eigenvalue weighted by Crippen LogP contribution is -2.15. The summed E-state index contributed by atoms with van der Waals surface area (Å²) in [5, 5.41) is 2.63. The van der Waals surface area contributed by atoms with Gasteiger partial charge in [-0.1, -0.05) is 30.3 Å². The molecule has 0 aliphatic rings. The van der Waals surface area contributed by atoms with Crippen molar-refractivity contribution in [3.63, 3.8) is 0 Å². The fourth-order valence-corrected chi connectivity index (χ4v) is 4.92. The Kier molecular flexibility index (Phi) is 3.12. The van der Waals surface area contributed by atoms with Crippen LogP contribution in [0.4, 0.5) is 0 Å². The lowest BCUT2D eigenvalue weighted by atomic mass is 10.0. The van der Waals surface area contributed by atoms with Crippen molar-refractivity contribution in [1.29, 1.82) is 0 Å². The van der Waals surface area contributed by atoms with E-state index in [1.165, 1.54) is 0 Å². The Bertz CT molecular complexity index is 2100. The summed E-state index contributed by atoms with van der Waals surface area (Å²) in [6.07, 6.45) is 0. The normalized spacial score (nSPS) is 12.1. The van der Waals surface area contributed by atoms with Crippen LogP contribution in [0, 0.1) is 0 Å². The van der Waals surface area contributed by atoms with Crippen molar-refractivity contribution in [3.05, 3.63) is 110 Å². The fraction of sp³-hybridized carbons (Fsp3) is 0. The molecule has 32 heavy (non-hydrogen) atoms. The molecule has 5 heteroatoms. The van der Waals surface area contributed by atoms with Crippen LogP contribution >= 0.6 is 0 Å². The van der Waals surface area contributed by atoms with Gasteiger partial charge >= 0.3 is 0 Å². The molecule has 7 aromatic rings. The van der Waals surface area contributed by atoms with E-state index in [1.54, 1.807) is 60.7 Å². The highest BCUT2D eigenvalue weighted by atomic mass is 16.3. The van der Waals surface area contributed by atoms with Crippen molar-refractivity contribution in [2.24, 2.45) is 0 Å². The second kappa shape index (κ2) is 5.80. The Hall–Kier alpha value is -4.51. The third kappa shape index (κ3) is 1.95. The first-order chi connectivity index (χ1) is 15.6. The minimum Gasteiger partial charge on any atom is -0.455 e. The van der Waals surface area contributed by atoms with Gasteiger partial charge in [0.25, 0.3) is 0 Å². The SMILES string of the molecule is O=c1c2ccccc2oc2c1ccc1c2c(=O)c2cccc3c(=O)c4ccccc4n1c32. The second-order valence-electron chi connectivity index (χ2n) is 7.98. The molecule has 0 saturated carbocycles. The smallest absolute Gasteiger partial charge is 0.201 e. The summed E-state index contributed by atoms with van der Waals surface area (Å²) >= 11 is 0. The summed E-state index contributed by atoms with van der Waals surface area (Å²) < 4.78 is 8.08. The van der Waals surface area contributed by atoms with Gasteiger partial charge in [-0.3, -0.25) is 14.4 Å². The van der Waals surface area contributed by atoms with Crippen LogP contribution in [0.5, 0.6) is 0 Å². The van der Waals surface area contributed by atoms with E-state index in [0.717, 1.165) is 0 Å². The minimum atomic E-state index is -0.260. The molecule has 0 fully saturated rings. The third-order valence-corrected chi connectivity index (χ3v) is 6.33. The van der Waals surface area contributed by atoms with Gasteiger partial charge in [0.05, 0.1) is 32.7 Å². The molecule has 0 N–H and O–H groups in total. The predicted octanol–water partition coefficient (Wildman–Crippen LogP) is 4.82. The number of para-hydroxylation sites is 3. The van der Waals surface area contributed by atoms with Crippen LogP contribution in [0.1, 0.15) is 0 Å². The maximum atomic E-state index is 13.7. The zero-order valence-corrected chi connectivity index (χ0v) is 16.6. The standard InChI is InChI=1S/C27H13NO4/c29-24-14-6-1-3-10-19(14)28-20-13-12-18-25(30)15-7-2-4-11-21(15)32-27(18)22(20)26(31)17-9-5-8-16(24)23(17)28/h1-13H. The maximum absolute atomic E-state index is 13.7. The quantitative estimate of drug-likeness (QED) is 0.263. The molecule has 5 nitrogen and oxygen atoms in total. The second-order valence-corrected chi connectivity index (χ2v) is 7.98. The van der Waals surface area contributed by atoms with Crippen LogP contribution in [0.25, 0.3) is 60.0 Å². The number of hydrogen-bond donors (Lipinski definition) is 0. The molecule has 4 aromatic carbocycles. The fourth-order valence-electron chi connectivity index (χ4n) is 4.92. The third-order valence-electron chi connectivity index (χ3n) is 6.33. The predicted molar refractivity (Wildman–Crippen MR) is 127 cm³/mol. The van der Waals surface area contributed by atoms with Crippen LogP contribution in [0.3, 0.4) is 0 Å². The monoisotopic (exact) mass is 415 g/mol. The Balaban J connectivity index is 1.90. The van der Waals surface area contributed by atoms with Crippen molar-refractivity contribution in [2.45, 2.75) is 0 Å².